The number of rotatable bonds is 51. The molecule has 0 aromatic heterocycles. The van der Waals surface area contributed by atoms with Crippen molar-refractivity contribution in [2.75, 3.05) is 19.8 Å². The Balaban J connectivity index is -0.000000362. The molecule has 11 nitrogen and oxygen atoms in total. The van der Waals surface area contributed by atoms with Gasteiger partial charge in [0, 0.05) is 64.2 Å². The van der Waals surface area contributed by atoms with Crippen LogP contribution in [-0.4, -0.2) is 66.2 Å². The van der Waals surface area contributed by atoms with Crippen LogP contribution < -0.4 is 0 Å². The predicted molar refractivity (Wildman–Crippen MR) is 356 cm³/mol. The lowest BCUT2D eigenvalue weighted by atomic mass is 9.78. The number of ether oxygens (including phenoxy) is 3. The molecular weight excluding hydrogens is 1050 g/mol. The van der Waals surface area contributed by atoms with E-state index < -0.39 is 5.97 Å². The van der Waals surface area contributed by atoms with Gasteiger partial charge in [-0.15, -0.1) is 0 Å². The van der Waals surface area contributed by atoms with Gasteiger partial charge in [0.1, 0.15) is 17.3 Å². The summed E-state index contributed by atoms with van der Waals surface area (Å²) >= 11 is 0. The number of carboxylic acid groups (broad SMARTS) is 1. The average molecular weight is 1200 g/mol. The van der Waals surface area contributed by atoms with Crippen LogP contribution in [0.1, 0.15) is 379 Å². The zero-order chi connectivity index (χ0) is 64.3. The van der Waals surface area contributed by atoms with Gasteiger partial charge in [-0.1, -0.05) is 270 Å². The van der Waals surface area contributed by atoms with E-state index in [2.05, 4.69) is 74.0 Å². The van der Waals surface area contributed by atoms with Gasteiger partial charge in [0.2, 0.25) is 0 Å². The third-order valence-electron chi connectivity index (χ3n) is 15.4. The fraction of sp³-hybridized carbons (Fsp3) is 0.904. The molecule has 0 heterocycles. The van der Waals surface area contributed by atoms with Crippen molar-refractivity contribution >= 4 is 41.2 Å². The summed E-state index contributed by atoms with van der Waals surface area (Å²) in [7, 11) is 0. The maximum atomic E-state index is 12.5. The molecule has 1 N–H and O–H groups in total. The van der Waals surface area contributed by atoms with Crippen molar-refractivity contribution in [1.82, 2.24) is 0 Å². The summed E-state index contributed by atoms with van der Waals surface area (Å²) in [6.45, 7) is 31.2. The summed E-state index contributed by atoms with van der Waals surface area (Å²) in [6, 6.07) is 0. The third kappa shape index (κ3) is 73.1. The Bertz CT molecular complexity index is 1390. The smallest absolute Gasteiger partial charge is 0.306 e. The van der Waals surface area contributed by atoms with E-state index in [4.69, 9.17) is 14.6 Å². The van der Waals surface area contributed by atoms with Gasteiger partial charge in [-0.25, -0.2) is 0 Å². The molecule has 1 aliphatic rings. The van der Waals surface area contributed by atoms with Crippen molar-refractivity contribution in [2.45, 2.75) is 379 Å². The van der Waals surface area contributed by atoms with E-state index in [1.165, 1.54) is 161 Å². The molecule has 0 amide bonds. The number of Topliss-reactive ketones (excluding diaryl/α,β-unsaturated/α-hetero) is 3. The molecule has 1 saturated carbocycles. The molecule has 0 saturated heterocycles. The first-order valence-corrected chi connectivity index (χ1v) is 35.7. The van der Waals surface area contributed by atoms with Gasteiger partial charge in [0.25, 0.3) is 0 Å². The molecule has 0 radical (unpaired) electrons. The molecule has 0 aromatic rings. The van der Waals surface area contributed by atoms with Crippen molar-refractivity contribution < 1.29 is 52.9 Å². The van der Waals surface area contributed by atoms with E-state index in [9.17, 15) is 33.6 Å². The monoisotopic (exact) mass is 1200 g/mol. The topological polar surface area (TPSA) is 167 Å². The lowest BCUT2D eigenvalue weighted by molar-refractivity contribution is -0.148. The molecule has 84 heavy (non-hydrogen) atoms. The molecule has 0 bridgehead atoms. The fourth-order valence-electron chi connectivity index (χ4n) is 9.70. The standard InChI is InChI=1S/C27H48O5.C25H46O4.C10H22.C5H10O2.C4H10.C2H6/c1-3-5-7-9-11-13-18-31-26(29)21-23(20-25(28)24-16-15-17-24)22-27(30)32-19-14-12-10-8-6-4-2;1-3-5-7-9-11-13-15-17-23(26)19-22(21-25(28)29)20-24(27)18-16-14-12-10-8-6-4-2;1-5-7-10(4)8-9(3)6-2;1-3-4-7-5(2)6;1-3-4-2;1-2/h23-24H,3-22H2,1-2H3;22H,3-21H2,1-2H3,(H,28,29);9-10H,5-8H2,1-4H3;3-4H2,1-2H3;3-4H2,1-2H3;1-2H3. The Morgan fingerprint density at radius 3 is 1.07 bits per heavy atom. The van der Waals surface area contributed by atoms with Crippen LogP contribution in [0.3, 0.4) is 0 Å². The van der Waals surface area contributed by atoms with Gasteiger partial charge < -0.3 is 19.3 Å². The lowest BCUT2D eigenvalue weighted by Crippen LogP contribution is -2.26. The molecule has 0 aliphatic heterocycles. The van der Waals surface area contributed by atoms with Gasteiger partial charge in [-0.3, -0.25) is 33.6 Å². The second kappa shape index (κ2) is 72.4. The lowest BCUT2D eigenvalue weighted by Gasteiger charge is -2.25. The summed E-state index contributed by atoms with van der Waals surface area (Å²) in [4.78, 5) is 82.6. The summed E-state index contributed by atoms with van der Waals surface area (Å²) in [6.07, 6.45) is 44.0. The summed E-state index contributed by atoms with van der Waals surface area (Å²) < 4.78 is 15.3. The first-order valence-electron chi connectivity index (χ1n) is 35.7. The van der Waals surface area contributed by atoms with Crippen LogP contribution in [0.15, 0.2) is 0 Å². The minimum Gasteiger partial charge on any atom is -0.481 e. The van der Waals surface area contributed by atoms with Crippen LogP contribution in [0, 0.1) is 29.6 Å². The third-order valence-corrected chi connectivity index (χ3v) is 15.4. The number of aliphatic carboxylic acids is 1. The number of carbonyl (C=O) groups is 7. The van der Waals surface area contributed by atoms with Crippen LogP contribution in [-0.2, 0) is 47.8 Å². The van der Waals surface area contributed by atoms with E-state index in [1.54, 1.807) is 0 Å². The molecule has 2 unspecified atom stereocenters. The number of esters is 3. The molecular formula is C73H142O11. The van der Waals surface area contributed by atoms with Crippen molar-refractivity contribution in [2.24, 2.45) is 29.6 Å². The summed E-state index contributed by atoms with van der Waals surface area (Å²) in [5.41, 5.74) is 0. The average Bonchev–Trinajstić information content (AvgIpc) is 3.55. The Morgan fingerprint density at radius 1 is 0.405 bits per heavy atom. The molecule has 1 aliphatic carbocycles. The summed E-state index contributed by atoms with van der Waals surface area (Å²) in [5.74, 6) is 0.0820. The molecule has 11 heteroatoms. The minimum atomic E-state index is -0.914. The number of unbranched alkanes of at least 4 members (excludes halogenated alkanes) is 23. The van der Waals surface area contributed by atoms with Crippen molar-refractivity contribution in [3.63, 3.8) is 0 Å². The Morgan fingerprint density at radius 2 is 0.774 bits per heavy atom. The molecule has 2 atom stereocenters. The molecule has 0 spiro atoms. The zero-order valence-corrected chi connectivity index (χ0v) is 58.2. The van der Waals surface area contributed by atoms with Gasteiger partial charge in [-0.2, -0.15) is 0 Å². The largest absolute Gasteiger partial charge is 0.481 e. The van der Waals surface area contributed by atoms with Gasteiger partial charge in [0.05, 0.1) is 19.8 Å². The predicted octanol–water partition coefficient (Wildman–Crippen LogP) is 21.9. The molecule has 1 rings (SSSR count). The van der Waals surface area contributed by atoms with Crippen molar-refractivity contribution in [3.8, 4) is 0 Å². The Hall–Kier alpha value is -3.11. The number of carbonyl (C=O) groups excluding carboxylic acids is 6. The molecule has 1 fully saturated rings. The minimum absolute atomic E-state index is 0.0779. The maximum absolute atomic E-state index is 12.5. The van der Waals surface area contributed by atoms with Crippen LogP contribution >= 0.6 is 0 Å². The maximum Gasteiger partial charge on any atom is 0.306 e. The van der Waals surface area contributed by atoms with Crippen LogP contribution in [0.4, 0.5) is 0 Å². The SMILES string of the molecule is CC.CCCC.CCCC(C)CC(C)CC.CCCCCCCCCC(=O)CC(CC(=O)O)CC(=O)CCCCCCCCC.CCCCCCCCOC(=O)CC(CC(=O)OCCCCCCCC)CC(=O)C1CCC1.CCCOC(C)=O. The highest BCUT2D eigenvalue weighted by molar-refractivity contribution is 5.84. The first kappa shape index (κ1) is 89.6. The van der Waals surface area contributed by atoms with E-state index in [0.717, 1.165) is 88.9 Å². The van der Waals surface area contributed by atoms with Crippen molar-refractivity contribution in [3.05, 3.63) is 0 Å². The van der Waals surface area contributed by atoms with Gasteiger partial charge >= 0.3 is 23.9 Å². The molecule has 500 valence electrons. The van der Waals surface area contributed by atoms with Crippen molar-refractivity contribution in [1.29, 1.82) is 0 Å². The number of hydrogen-bond acceptors (Lipinski definition) is 10. The van der Waals surface area contributed by atoms with E-state index in [1.807, 2.05) is 20.8 Å². The molecule has 0 aromatic carbocycles. The highest BCUT2D eigenvalue weighted by Crippen LogP contribution is 2.31. The van der Waals surface area contributed by atoms with Crippen LogP contribution in [0.25, 0.3) is 0 Å². The normalized spacial score (nSPS) is 12.2. The van der Waals surface area contributed by atoms with Gasteiger partial charge in [-0.05, 0) is 75.0 Å². The highest BCUT2D eigenvalue weighted by atomic mass is 16.5. The fourth-order valence-corrected chi connectivity index (χ4v) is 9.70. The van der Waals surface area contributed by atoms with E-state index in [-0.39, 0.29) is 91.5 Å². The van der Waals surface area contributed by atoms with E-state index >= 15 is 0 Å². The first-order chi connectivity index (χ1) is 40.4. The zero-order valence-electron chi connectivity index (χ0n) is 58.2. The Labute approximate surface area is 520 Å². The van der Waals surface area contributed by atoms with Crippen LogP contribution in [0.2, 0.25) is 0 Å². The number of carboxylic acids is 1. The second-order valence-electron chi connectivity index (χ2n) is 24.2. The summed E-state index contributed by atoms with van der Waals surface area (Å²) in [5, 5.41) is 9.12. The van der Waals surface area contributed by atoms with Crippen LogP contribution in [0.5, 0.6) is 0 Å². The Kier molecular flexibility index (Phi) is 77.2. The van der Waals surface area contributed by atoms with E-state index in [0.29, 0.717) is 32.7 Å². The number of hydrogen-bond donors (Lipinski definition) is 1. The number of ketones is 3. The second-order valence-corrected chi connectivity index (χ2v) is 24.2. The highest BCUT2D eigenvalue weighted by Gasteiger charge is 2.30. The quantitative estimate of drug-likeness (QED) is 0.0350. The van der Waals surface area contributed by atoms with Gasteiger partial charge in [0.15, 0.2) is 0 Å².